The summed E-state index contributed by atoms with van der Waals surface area (Å²) in [5.41, 5.74) is 0.255. The smallest absolute Gasteiger partial charge is 0.346 e. The number of aliphatic carboxylic acids is 1. The van der Waals surface area contributed by atoms with Gasteiger partial charge in [-0.2, -0.15) is 5.26 Å². The van der Waals surface area contributed by atoms with Gasteiger partial charge in [-0.25, -0.2) is 4.79 Å². The average Bonchev–Trinajstić information content (AvgIpc) is 2.43. The molecule has 0 aromatic heterocycles. The summed E-state index contributed by atoms with van der Waals surface area (Å²) in [7, 11) is 0. The molecule has 0 aliphatic rings. The van der Waals surface area contributed by atoms with Gasteiger partial charge < -0.3 is 14.6 Å². The molecule has 0 radical (unpaired) electrons. The lowest BCUT2D eigenvalue weighted by molar-refractivity contribution is -0.132. The zero-order chi connectivity index (χ0) is 15.0. The van der Waals surface area contributed by atoms with Gasteiger partial charge in [-0.1, -0.05) is 13.0 Å². The molecule has 5 heteroatoms. The van der Waals surface area contributed by atoms with Gasteiger partial charge in [0.15, 0.2) is 11.5 Å². The molecule has 1 aromatic rings. The number of hydrogen-bond acceptors (Lipinski definition) is 4. The van der Waals surface area contributed by atoms with Crippen molar-refractivity contribution in [3.8, 4) is 17.6 Å². The Morgan fingerprint density at radius 1 is 1.35 bits per heavy atom. The van der Waals surface area contributed by atoms with E-state index in [1.54, 1.807) is 24.3 Å². The van der Waals surface area contributed by atoms with Crippen LogP contribution in [0.2, 0.25) is 0 Å². The van der Waals surface area contributed by atoms with Gasteiger partial charge in [0, 0.05) is 0 Å². The molecular weight excluding hydrogens is 258 g/mol. The third-order valence-corrected chi connectivity index (χ3v) is 2.39. The lowest BCUT2D eigenvalue weighted by Crippen LogP contribution is -2.01. The van der Waals surface area contributed by atoms with E-state index in [9.17, 15) is 4.79 Å². The summed E-state index contributed by atoms with van der Waals surface area (Å²) in [5.74, 6) is -0.103. The molecule has 0 aliphatic heterocycles. The quantitative estimate of drug-likeness (QED) is 0.611. The van der Waals surface area contributed by atoms with Crippen molar-refractivity contribution in [2.75, 3.05) is 13.2 Å². The highest BCUT2D eigenvalue weighted by Gasteiger charge is 2.09. The van der Waals surface area contributed by atoms with Crippen molar-refractivity contribution in [3.05, 3.63) is 29.3 Å². The number of carboxylic acid groups (broad SMARTS) is 1. The van der Waals surface area contributed by atoms with E-state index in [-0.39, 0.29) is 5.57 Å². The Morgan fingerprint density at radius 3 is 2.65 bits per heavy atom. The number of nitriles is 1. The molecule has 0 unspecified atom stereocenters. The van der Waals surface area contributed by atoms with Gasteiger partial charge in [-0.15, -0.1) is 0 Å². The first-order chi connectivity index (χ1) is 9.62. The first-order valence-electron chi connectivity index (χ1n) is 6.37. The molecule has 0 heterocycles. The summed E-state index contributed by atoms with van der Waals surface area (Å²) >= 11 is 0. The molecule has 0 aliphatic carbocycles. The molecule has 1 N–H and O–H groups in total. The van der Waals surface area contributed by atoms with Gasteiger partial charge >= 0.3 is 5.97 Å². The molecule has 1 rings (SSSR count). The summed E-state index contributed by atoms with van der Waals surface area (Å²) < 4.78 is 11.0. The number of hydrogen-bond donors (Lipinski definition) is 1. The molecule has 0 saturated heterocycles. The lowest BCUT2D eigenvalue weighted by Gasteiger charge is -2.12. The van der Waals surface area contributed by atoms with E-state index in [0.29, 0.717) is 30.3 Å². The van der Waals surface area contributed by atoms with Crippen LogP contribution in [0.4, 0.5) is 0 Å². The van der Waals surface area contributed by atoms with Crippen molar-refractivity contribution < 1.29 is 19.4 Å². The Kier molecular flexibility index (Phi) is 6.11. The van der Waals surface area contributed by atoms with E-state index in [1.807, 2.05) is 13.8 Å². The molecule has 0 spiro atoms. The van der Waals surface area contributed by atoms with E-state index in [0.717, 1.165) is 6.42 Å². The van der Waals surface area contributed by atoms with Crippen molar-refractivity contribution in [3.63, 3.8) is 0 Å². The zero-order valence-corrected chi connectivity index (χ0v) is 11.5. The van der Waals surface area contributed by atoms with Crippen LogP contribution >= 0.6 is 0 Å². The minimum atomic E-state index is -1.25. The molecule has 0 saturated carbocycles. The van der Waals surface area contributed by atoms with Crippen molar-refractivity contribution in [2.45, 2.75) is 20.3 Å². The van der Waals surface area contributed by atoms with Crippen LogP contribution in [0.1, 0.15) is 25.8 Å². The summed E-state index contributed by atoms with van der Waals surface area (Å²) in [6.07, 6.45) is 2.18. The number of rotatable bonds is 7. The van der Waals surface area contributed by atoms with E-state index in [1.165, 1.54) is 6.08 Å². The first kappa shape index (κ1) is 15.6. The maximum atomic E-state index is 10.8. The molecular formula is C15H17NO4. The number of benzene rings is 1. The number of carbonyl (C=O) groups is 1. The number of ether oxygens (including phenoxy) is 2. The normalized spacial score (nSPS) is 10.8. The summed E-state index contributed by atoms with van der Waals surface area (Å²) in [4.78, 5) is 10.8. The second-order valence-corrected chi connectivity index (χ2v) is 3.96. The maximum Gasteiger partial charge on any atom is 0.346 e. The van der Waals surface area contributed by atoms with Crippen LogP contribution in [0.3, 0.4) is 0 Å². The van der Waals surface area contributed by atoms with Crippen molar-refractivity contribution in [1.29, 1.82) is 5.26 Å². The fourth-order valence-corrected chi connectivity index (χ4v) is 1.52. The summed E-state index contributed by atoms with van der Waals surface area (Å²) in [6, 6.07) is 6.70. The van der Waals surface area contributed by atoms with Gasteiger partial charge in [0.25, 0.3) is 0 Å². The third kappa shape index (κ3) is 4.32. The zero-order valence-electron chi connectivity index (χ0n) is 11.5. The molecule has 0 bridgehead atoms. The minimum absolute atomic E-state index is 0.324. The van der Waals surface area contributed by atoms with Crippen LogP contribution < -0.4 is 9.47 Å². The van der Waals surface area contributed by atoms with Gasteiger partial charge in [0.2, 0.25) is 0 Å². The SMILES string of the molecule is CCCOc1ccc(/C=C(\C#N)C(=O)O)cc1OCC. The van der Waals surface area contributed by atoms with E-state index in [2.05, 4.69) is 0 Å². The molecule has 106 valence electrons. The Hall–Kier alpha value is -2.48. The van der Waals surface area contributed by atoms with E-state index >= 15 is 0 Å². The number of nitrogens with zero attached hydrogens (tertiary/aromatic N) is 1. The fourth-order valence-electron chi connectivity index (χ4n) is 1.52. The van der Waals surface area contributed by atoms with Crippen LogP contribution in [0.25, 0.3) is 6.08 Å². The number of carboxylic acids is 1. The van der Waals surface area contributed by atoms with E-state index in [4.69, 9.17) is 19.8 Å². The average molecular weight is 275 g/mol. The van der Waals surface area contributed by atoms with Crippen LogP contribution in [-0.4, -0.2) is 24.3 Å². The Balaban J connectivity index is 3.09. The predicted molar refractivity (Wildman–Crippen MR) is 74.6 cm³/mol. The molecule has 0 atom stereocenters. The molecule has 0 fully saturated rings. The lowest BCUT2D eigenvalue weighted by atomic mass is 10.1. The molecule has 1 aromatic carbocycles. The van der Waals surface area contributed by atoms with Crippen molar-refractivity contribution in [1.82, 2.24) is 0 Å². The molecule has 0 amide bonds. The highest BCUT2D eigenvalue weighted by Crippen LogP contribution is 2.29. The van der Waals surface area contributed by atoms with Gasteiger partial charge in [0.1, 0.15) is 11.6 Å². The highest BCUT2D eigenvalue weighted by molar-refractivity contribution is 5.96. The van der Waals surface area contributed by atoms with Crippen LogP contribution in [0, 0.1) is 11.3 Å². The highest BCUT2D eigenvalue weighted by atomic mass is 16.5. The summed E-state index contributed by atoms with van der Waals surface area (Å²) in [6.45, 7) is 4.90. The Bertz CT molecular complexity index is 543. The largest absolute Gasteiger partial charge is 0.490 e. The van der Waals surface area contributed by atoms with Crippen LogP contribution in [0.5, 0.6) is 11.5 Å². The molecule has 5 nitrogen and oxygen atoms in total. The van der Waals surface area contributed by atoms with Crippen molar-refractivity contribution in [2.24, 2.45) is 0 Å². The van der Waals surface area contributed by atoms with Gasteiger partial charge in [0.05, 0.1) is 13.2 Å². The second kappa shape index (κ2) is 7.85. The Morgan fingerprint density at radius 2 is 2.10 bits per heavy atom. The fraction of sp³-hybridized carbons (Fsp3) is 0.333. The topological polar surface area (TPSA) is 79.5 Å². The molecule has 20 heavy (non-hydrogen) atoms. The van der Waals surface area contributed by atoms with E-state index < -0.39 is 5.97 Å². The monoisotopic (exact) mass is 275 g/mol. The second-order valence-electron chi connectivity index (χ2n) is 3.96. The first-order valence-corrected chi connectivity index (χ1v) is 6.37. The van der Waals surface area contributed by atoms with Crippen LogP contribution in [0.15, 0.2) is 23.8 Å². The standard InChI is InChI=1S/C15H17NO4/c1-3-7-20-13-6-5-11(9-14(13)19-4-2)8-12(10-16)15(17)18/h5-6,8-9H,3-4,7H2,1-2H3,(H,17,18)/b12-8+. The Labute approximate surface area is 118 Å². The third-order valence-electron chi connectivity index (χ3n) is 2.39. The predicted octanol–water partition coefficient (Wildman–Crippen LogP) is 2.87. The minimum Gasteiger partial charge on any atom is -0.490 e. The maximum absolute atomic E-state index is 10.8. The van der Waals surface area contributed by atoms with Gasteiger partial charge in [-0.05, 0) is 37.1 Å². The van der Waals surface area contributed by atoms with Crippen molar-refractivity contribution >= 4 is 12.0 Å². The van der Waals surface area contributed by atoms with Gasteiger partial charge in [-0.3, -0.25) is 0 Å². The van der Waals surface area contributed by atoms with Crippen LogP contribution in [-0.2, 0) is 4.79 Å². The summed E-state index contributed by atoms with van der Waals surface area (Å²) in [5, 5.41) is 17.6.